The number of hydrogen-bond acceptors (Lipinski definition) is 6. The molecule has 2 heterocycles. The van der Waals surface area contributed by atoms with E-state index >= 15 is 0 Å². The number of thiophene rings is 1. The van der Waals surface area contributed by atoms with Crippen molar-refractivity contribution in [3.05, 3.63) is 41.8 Å². The molecule has 0 spiro atoms. The predicted octanol–water partition coefficient (Wildman–Crippen LogP) is 2.67. The first kappa shape index (κ1) is 23.9. The van der Waals surface area contributed by atoms with Crippen LogP contribution in [0.4, 0.5) is 16.4 Å². The second kappa shape index (κ2) is 9.94. The average Bonchev–Trinajstić information content (AvgIpc) is 3.53. The van der Waals surface area contributed by atoms with E-state index in [-0.39, 0.29) is 18.2 Å². The Balaban J connectivity index is 1.66. The van der Waals surface area contributed by atoms with Gasteiger partial charge in [0.25, 0.3) is 11.8 Å². The number of amides is 3. The lowest BCUT2D eigenvalue weighted by molar-refractivity contribution is -0.142. The number of carboxylic acid groups (broad SMARTS) is 1. The second-order valence-electron chi connectivity index (χ2n) is 8.69. The maximum Gasteiger partial charge on any atom is 0.342 e. The maximum absolute atomic E-state index is 13.4. The Morgan fingerprint density at radius 1 is 1.06 bits per heavy atom. The average molecular weight is 485 g/mol. The number of fused-ring (bicyclic) bond motifs is 1. The summed E-state index contributed by atoms with van der Waals surface area (Å²) in [6.45, 7) is 0. The Hall–Kier alpha value is -3.24. The molecule has 0 bridgehead atoms. The summed E-state index contributed by atoms with van der Waals surface area (Å²) in [7, 11) is 3.08. The topological polar surface area (TPSA) is 110 Å². The summed E-state index contributed by atoms with van der Waals surface area (Å²) < 4.78 is 0. The van der Waals surface area contributed by atoms with Crippen molar-refractivity contribution >= 4 is 51.4 Å². The standard InChI is InChI=1S/C24H28N4O5S/c1-26-16-10-5-6-11-17(16)27(2)23(31)20(22(26)30)25-21(24(32)33)28(19-12-7-13-34-19)18(29)14-15-8-3-4-9-15/h5-7,10-13,15,20-21,25H,3-4,8-9,14H2,1-2H3,(H,32,33). The van der Waals surface area contributed by atoms with Gasteiger partial charge in [0, 0.05) is 20.5 Å². The minimum atomic E-state index is -1.59. The number of benzene rings is 1. The Morgan fingerprint density at radius 2 is 1.65 bits per heavy atom. The van der Waals surface area contributed by atoms with E-state index in [4.69, 9.17) is 0 Å². The van der Waals surface area contributed by atoms with Crippen LogP contribution in [0.2, 0.25) is 0 Å². The third-order valence-corrected chi connectivity index (χ3v) is 7.39. The molecule has 34 heavy (non-hydrogen) atoms. The molecule has 1 atom stereocenters. The molecule has 10 heteroatoms. The molecule has 2 aliphatic rings. The van der Waals surface area contributed by atoms with E-state index in [2.05, 4.69) is 5.32 Å². The van der Waals surface area contributed by atoms with E-state index in [0.717, 1.165) is 25.7 Å². The quantitative estimate of drug-likeness (QED) is 0.462. The molecule has 0 saturated heterocycles. The van der Waals surface area contributed by atoms with Crippen molar-refractivity contribution in [2.75, 3.05) is 28.8 Å². The molecule has 1 saturated carbocycles. The fraction of sp³-hybridized carbons (Fsp3) is 0.417. The highest BCUT2D eigenvalue weighted by molar-refractivity contribution is 7.14. The first-order chi connectivity index (χ1) is 16.3. The van der Waals surface area contributed by atoms with Gasteiger partial charge in [-0.2, -0.15) is 0 Å². The summed E-state index contributed by atoms with van der Waals surface area (Å²) >= 11 is 1.23. The number of carbonyl (C=O) groups excluding carboxylic acids is 3. The van der Waals surface area contributed by atoms with E-state index in [1.54, 1.807) is 55.9 Å². The second-order valence-corrected chi connectivity index (χ2v) is 9.62. The number of likely N-dealkylation sites (N-methyl/N-ethyl adjacent to an activating group) is 2. The molecule has 2 N–H and O–H groups in total. The zero-order valence-electron chi connectivity index (χ0n) is 19.1. The van der Waals surface area contributed by atoms with Gasteiger partial charge in [-0.05, 0) is 48.4 Å². The number of anilines is 3. The van der Waals surface area contributed by atoms with E-state index in [9.17, 15) is 24.3 Å². The highest BCUT2D eigenvalue weighted by atomic mass is 32.1. The van der Waals surface area contributed by atoms with E-state index in [1.807, 2.05) is 0 Å². The third kappa shape index (κ3) is 4.55. The molecule has 4 rings (SSSR count). The highest BCUT2D eigenvalue weighted by Crippen LogP contribution is 2.33. The Morgan fingerprint density at radius 3 is 2.15 bits per heavy atom. The maximum atomic E-state index is 13.4. The molecule has 0 radical (unpaired) electrons. The van der Waals surface area contributed by atoms with Gasteiger partial charge in [-0.1, -0.05) is 25.0 Å². The van der Waals surface area contributed by atoms with E-state index in [0.29, 0.717) is 16.4 Å². The fourth-order valence-corrected chi connectivity index (χ4v) is 5.45. The van der Waals surface area contributed by atoms with Crippen molar-refractivity contribution in [3.63, 3.8) is 0 Å². The van der Waals surface area contributed by atoms with Gasteiger partial charge in [0.2, 0.25) is 5.91 Å². The molecule has 1 aliphatic heterocycles. The first-order valence-corrected chi connectivity index (χ1v) is 12.2. The molecule has 1 aliphatic carbocycles. The van der Waals surface area contributed by atoms with Gasteiger partial charge in [-0.3, -0.25) is 24.6 Å². The van der Waals surface area contributed by atoms with Gasteiger partial charge in [0.05, 0.1) is 16.4 Å². The molecule has 1 aromatic carbocycles. The lowest BCUT2D eigenvalue weighted by Gasteiger charge is -2.32. The molecule has 1 fully saturated rings. The molecular weight excluding hydrogens is 456 g/mol. The number of rotatable bonds is 7. The number of nitrogens with one attached hydrogen (secondary N) is 1. The van der Waals surface area contributed by atoms with Crippen LogP contribution in [0, 0.1) is 5.92 Å². The summed E-state index contributed by atoms with van der Waals surface area (Å²) in [6, 6.07) is 8.87. The van der Waals surface area contributed by atoms with Crippen molar-refractivity contribution in [1.82, 2.24) is 5.32 Å². The monoisotopic (exact) mass is 484 g/mol. The molecule has 180 valence electrons. The minimum absolute atomic E-state index is 0.206. The molecule has 2 aromatic rings. The van der Waals surface area contributed by atoms with Gasteiger partial charge >= 0.3 is 5.97 Å². The lowest BCUT2D eigenvalue weighted by atomic mass is 10.0. The molecule has 3 amide bonds. The normalized spacial score (nSPS) is 18.1. The number of nitrogens with zero attached hydrogens (tertiary/aromatic N) is 3. The van der Waals surface area contributed by atoms with Crippen LogP contribution in [0.1, 0.15) is 32.1 Å². The van der Waals surface area contributed by atoms with Crippen LogP contribution in [0.15, 0.2) is 41.8 Å². The molecule has 9 nitrogen and oxygen atoms in total. The zero-order chi connectivity index (χ0) is 24.4. The summed E-state index contributed by atoms with van der Waals surface area (Å²) in [5, 5.41) is 15.0. The largest absolute Gasteiger partial charge is 0.479 e. The first-order valence-electron chi connectivity index (χ1n) is 11.3. The SMILES string of the molecule is CN1C(=O)C(NC(C(=O)O)N(C(=O)CC2CCCC2)c2cccs2)C(=O)N(C)c2ccccc21. The summed E-state index contributed by atoms with van der Waals surface area (Å²) in [4.78, 5) is 56.3. The zero-order valence-corrected chi connectivity index (χ0v) is 20.0. The fourth-order valence-electron chi connectivity index (χ4n) is 4.68. The van der Waals surface area contributed by atoms with Gasteiger partial charge in [0.15, 0.2) is 12.2 Å². The van der Waals surface area contributed by atoms with Crippen molar-refractivity contribution in [3.8, 4) is 0 Å². The van der Waals surface area contributed by atoms with Gasteiger partial charge < -0.3 is 14.9 Å². The summed E-state index contributed by atoms with van der Waals surface area (Å²) in [5.41, 5.74) is 1.07. The lowest BCUT2D eigenvalue weighted by Crippen LogP contribution is -2.63. The Kier molecular flexibility index (Phi) is 6.99. The third-order valence-electron chi connectivity index (χ3n) is 6.53. The smallest absolute Gasteiger partial charge is 0.342 e. The number of para-hydroxylation sites is 2. The van der Waals surface area contributed by atoms with Gasteiger partial charge in [0.1, 0.15) is 0 Å². The molecule has 1 unspecified atom stereocenters. The van der Waals surface area contributed by atoms with Crippen molar-refractivity contribution < 1.29 is 24.3 Å². The van der Waals surface area contributed by atoms with Crippen LogP contribution in [0.25, 0.3) is 0 Å². The van der Waals surface area contributed by atoms with E-state index < -0.39 is 30.0 Å². The number of hydrogen-bond donors (Lipinski definition) is 2. The number of carboxylic acids is 1. The van der Waals surface area contributed by atoms with Crippen LogP contribution in [-0.2, 0) is 19.2 Å². The van der Waals surface area contributed by atoms with Crippen molar-refractivity contribution in [1.29, 1.82) is 0 Å². The van der Waals surface area contributed by atoms with Gasteiger partial charge in [-0.15, -0.1) is 11.3 Å². The van der Waals surface area contributed by atoms with Crippen LogP contribution >= 0.6 is 11.3 Å². The Labute approximate surface area is 201 Å². The summed E-state index contributed by atoms with van der Waals surface area (Å²) in [6.07, 6.45) is 2.62. The van der Waals surface area contributed by atoms with Crippen molar-refractivity contribution in [2.24, 2.45) is 5.92 Å². The van der Waals surface area contributed by atoms with Crippen LogP contribution in [0.5, 0.6) is 0 Å². The predicted molar refractivity (Wildman–Crippen MR) is 130 cm³/mol. The van der Waals surface area contributed by atoms with Crippen LogP contribution < -0.4 is 20.0 Å². The molecule has 1 aromatic heterocycles. The van der Waals surface area contributed by atoms with Crippen LogP contribution in [0.3, 0.4) is 0 Å². The molecular formula is C24H28N4O5S. The van der Waals surface area contributed by atoms with E-state index in [1.165, 1.54) is 26.0 Å². The number of carbonyl (C=O) groups is 4. The van der Waals surface area contributed by atoms with Gasteiger partial charge in [-0.25, -0.2) is 4.79 Å². The minimum Gasteiger partial charge on any atom is -0.479 e. The van der Waals surface area contributed by atoms with Crippen LogP contribution in [-0.4, -0.2) is 55.1 Å². The summed E-state index contributed by atoms with van der Waals surface area (Å²) in [5.74, 6) is -2.67. The Bertz CT molecular complexity index is 1040. The van der Waals surface area contributed by atoms with Crippen molar-refractivity contribution in [2.45, 2.75) is 44.3 Å². The highest BCUT2D eigenvalue weighted by Gasteiger charge is 2.43. The number of aliphatic carboxylic acids is 1.